The van der Waals surface area contributed by atoms with E-state index in [1.54, 1.807) is 0 Å². The Balaban J connectivity index is 1.76. The number of carbonyl (C=O) groups is 1. The lowest BCUT2D eigenvalue weighted by atomic mass is 9.91. The molecule has 0 aliphatic rings. The molecule has 0 saturated carbocycles. The van der Waals surface area contributed by atoms with Gasteiger partial charge in [-0.1, -0.05) is 63.2 Å². The van der Waals surface area contributed by atoms with E-state index in [2.05, 4.69) is 4.98 Å². The van der Waals surface area contributed by atoms with Crippen LogP contribution in [0.3, 0.4) is 0 Å². The number of hydrogen-bond donors (Lipinski definition) is 1. The number of carbonyl (C=O) groups excluding carboxylic acids is 1. The van der Waals surface area contributed by atoms with Gasteiger partial charge in [0.1, 0.15) is 12.4 Å². The zero-order valence-electron chi connectivity index (χ0n) is 16.2. The molecule has 0 aliphatic carbocycles. The largest absolute Gasteiger partial charge is 0.489 e. The molecule has 1 heterocycles. The molecule has 0 radical (unpaired) electrons. The first-order valence-corrected chi connectivity index (χ1v) is 9.87. The molecule has 0 atom stereocenters. The molecule has 5 heteroatoms. The van der Waals surface area contributed by atoms with Gasteiger partial charge in [0, 0.05) is 11.5 Å². The Hall–Kier alpha value is -2.92. The van der Waals surface area contributed by atoms with Gasteiger partial charge in [-0.05, 0) is 29.3 Å². The van der Waals surface area contributed by atoms with Crippen molar-refractivity contribution in [1.29, 1.82) is 0 Å². The fraction of sp³-hybridized carbons (Fsp3) is 0.217. The molecule has 144 valence electrons. The second-order valence-corrected chi connectivity index (χ2v) is 8.61. The zero-order chi connectivity index (χ0) is 20.1. The lowest BCUT2D eigenvalue weighted by molar-refractivity contribution is -0.119. The van der Waals surface area contributed by atoms with Crippen LogP contribution in [0.1, 0.15) is 31.9 Å². The standard InChI is InChI=1S/C23H23NO3S/c1-23(2,3)20(25)14-21-24-22(26)19(28-21)13-16-9-11-18(12-10-16)27-15-17-7-5-4-6-8-17/h4-14H,15H2,1-3H3,(H,24,26)/b19-13-,21-14+. The number of thiazole rings is 1. The summed E-state index contributed by atoms with van der Waals surface area (Å²) in [7, 11) is 0. The molecule has 1 aromatic heterocycles. The highest BCUT2D eigenvalue weighted by Crippen LogP contribution is 2.15. The SMILES string of the molecule is CC(C)(C)C(=O)/C=c1\[nH]c(=O)/c(=C/c2ccc(OCc3ccccc3)cc2)s1. The zero-order valence-corrected chi connectivity index (χ0v) is 17.0. The summed E-state index contributed by atoms with van der Waals surface area (Å²) in [5.41, 5.74) is 1.34. The third-order valence-corrected chi connectivity index (χ3v) is 5.07. The highest BCUT2D eigenvalue weighted by atomic mass is 32.1. The Morgan fingerprint density at radius 2 is 1.75 bits per heavy atom. The Morgan fingerprint density at radius 3 is 2.39 bits per heavy atom. The molecule has 0 unspecified atom stereocenters. The minimum Gasteiger partial charge on any atom is -0.489 e. The minimum absolute atomic E-state index is 0.0172. The summed E-state index contributed by atoms with van der Waals surface area (Å²) in [4.78, 5) is 27.0. The van der Waals surface area contributed by atoms with Crippen LogP contribution < -0.4 is 19.5 Å². The molecule has 3 aromatic rings. The third-order valence-electron chi connectivity index (χ3n) is 4.11. The summed E-state index contributed by atoms with van der Waals surface area (Å²) in [6, 6.07) is 17.6. The maximum atomic E-state index is 12.2. The number of ether oxygens (including phenoxy) is 1. The van der Waals surface area contributed by atoms with Crippen LogP contribution in [0.25, 0.3) is 12.2 Å². The lowest BCUT2D eigenvalue weighted by Gasteiger charge is -2.12. The van der Waals surface area contributed by atoms with Crippen LogP contribution in [-0.4, -0.2) is 10.8 Å². The normalized spacial score (nSPS) is 13.0. The van der Waals surface area contributed by atoms with E-state index in [0.29, 0.717) is 15.8 Å². The Labute approximate surface area is 167 Å². The van der Waals surface area contributed by atoms with Gasteiger partial charge >= 0.3 is 0 Å². The first-order valence-electron chi connectivity index (χ1n) is 9.05. The van der Waals surface area contributed by atoms with E-state index in [-0.39, 0.29) is 11.3 Å². The number of hydrogen-bond acceptors (Lipinski definition) is 4. The molecule has 0 saturated heterocycles. The van der Waals surface area contributed by atoms with Gasteiger partial charge in [0.05, 0.1) is 9.20 Å². The summed E-state index contributed by atoms with van der Waals surface area (Å²) in [6.45, 7) is 6.07. The second-order valence-electron chi connectivity index (χ2n) is 7.53. The van der Waals surface area contributed by atoms with Crippen LogP contribution in [0.4, 0.5) is 0 Å². The molecular formula is C23H23NO3S. The number of Topliss-reactive ketones (excluding diaryl/α,β-unsaturated/α-hetero) is 1. The van der Waals surface area contributed by atoms with Crippen LogP contribution in [-0.2, 0) is 11.4 Å². The van der Waals surface area contributed by atoms with Crippen molar-refractivity contribution in [3.05, 3.63) is 85.3 Å². The van der Waals surface area contributed by atoms with Gasteiger partial charge in [0.25, 0.3) is 5.56 Å². The van der Waals surface area contributed by atoms with Gasteiger partial charge in [-0.2, -0.15) is 0 Å². The Morgan fingerprint density at radius 1 is 1.07 bits per heavy atom. The Bertz CT molecular complexity index is 1120. The van der Waals surface area contributed by atoms with E-state index < -0.39 is 5.41 Å². The van der Waals surface area contributed by atoms with E-state index in [1.807, 2.05) is 81.4 Å². The number of aromatic nitrogens is 1. The molecule has 0 aliphatic heterocycles. The molecule has 4 nitrogen and oxygen atoms in total. The fourth-order valence-corrected chi connectivity index (χ4v) is 3.30. The summed E-state index contributed by atoms with van der Waals surface area (Å²) >= 11 is 1.28. The molecular weight excluding hydrogens is 370 g/mol. The topological polar surface area (TPSA) is 59.2 Å². The molecule has 1 N–H and O–H groups in total. The molecule has 28 heavy (non-hydrogen) atoms. The van der Waals surface area contributed by atoms with Crippen LogP contribution in [0.5, 0.6) is 5.75 Å². The fourth-order valence-electron chi connectivity index (χ4n) is 2.41. The van der Waals surface area contributed by atoms with E-state index >= 15 is 0 Å². The third kappa shape index (κ3) is 5.30. The van der Waals surface area contributed by atoms with E-state index in [4.69, 9.17) is 4.74 Å². The van der Waals surface area contributed by atoms with E-state index in [1.165, 1.54) is 17.4 Å². The number of ketones is 1. The molecule has 0 spiro atoms. The van der Waals surface area contributed by atoms with Crippen LogP contribution >= 0.6 is 11.3 Å². The summed E-state index contributed by atoms with van der Waals surface area (Å²) in [6.07, 6.45) is 3.31. The van der Waals surface area contributed by atoms with Gasteiger partial charge in [-0.15, -0.1) is 11.3 Å². The first kappa shape index (κ1) is 19.8. The molecule has 0 fully saturated rings. The van der Waals surface area contributed by atoms with E-state index in [9.17, 15) is 9.59 Å². The van der Waals surface area contributed by atoms with E-state index in [0.717, 1.165) is 16.9 Å². The van der Waals surface area contributed by atoms with Crippen LogP contribution in [0.15, 0.2) is 59.4 Å². The predicted octanol–water partition coefficient (Wildman–Crippen LogP) is 3.24. The van der Waals surface area contributed by atoms with Crippen molar-refractivity contribution in [3.63, 3.8) is 0 Å². The molecule has 0 amide bonds. The van der Waals surface area contributed by atoms with Gasteiger partial charge < -0.3 is 9.72 Å². The summed E-state index contributed by atoms with van der Waals surface area (Å²) in [5, 5.41) is 0. The van der Waals surface area contributed by atoms with Crippen molar-refractivity contribution in [2.75, 3.05) is 0 Å². The average molecular weight is 394 g/mol. The summed E-state index contributed by atoms with van der Waals surface area (Å²) in [5.74, 6) is 0.752. The van der Waals surface area contributed by atoms with Crippen molar-refractivity contribution >= 4 is 29.3 Å². The number of nitrogens with one attached hydrogen (secondary N) is 1. The monoisotopic (exact) mass is 393 g/mol. The minimum atomic E-state index is -0.472. The highest BCUT2D eigenvalue weighted by Gasteiger charge is 2.18. The van der Waals surface area contributed by atoms with Gasteiger partial charge in [0.15, 0.2) is 5.78 Å². The van der Waals surface area contributed by atoms with Crippen molar-refractivity contribution in [2.24, 2.45) is 5.41 Å². The van der Waals surface area contributed by atoms with Crippen LogP contribution in [0, 0.1) is 5.41 Å². The Kier molecular flexibility index (Phi) is 5.95. The predicted molar refractivity (Wildman–Crippen MR) is 114 cm³/mol. The number of rotatable bonds is 5. The summed E-state index contributed by atoms with van der Waals surface area (Å²) < 4.78 is 6.91. The number of aromatic amines is 1. The van der Waals surface area contributed by atoms with Gasteiger partial charge in [-0.3, -0.25) is 9.59 Å². The van der Waals surface area contributed by atoms with Crippen molar-refractivity contribution in [3.8, 4) is 5.75 Å². The number of benzene rings is 2. The van der Waals surface area contributed by atoms with Gasteiger partial charge in [-0.25, -0.2) is 0 Å². The van der Waals surface area contributed by atoms with Crippen molar-refractivity contribution in [2.45, 2.75) is 27.4 Å². The maximum Gasteiger partial charge on any atom is 0.266 e. The lowest BCUT2D eigenvalue weighted by Crippen LogP contribution is -2.22. The van der Waals surface area contributed by atoms with Crippen molar-refractivity contribution < 1.29 is 9.53 Å². The number of H-pyrrole nitrogens is 1. The van der Waals surface area contributed by atoms with Crippen molar-refractivity contribution in [1.82, 2.24) is 4.98 Å². The average Bonchev–Trinajstić information content (AvgIpc) is 3.00. The second kappa shape index (κ2) is 8.40. The first-order chi connectivity index (χ1) is 13.3. The van der Waals surface area contributed by atoms with Crippen LogP contribution in [0.2, 0.25) is 0 Å². The quantitative estimate of drug-likeness (QED) is 0.724. The highest BCUT2D eigenvalue weighted by molar-refractivity contribution is 7.07. The molecule has 3 rings (SSSR count). The molecule has 2 aromatic carbocycles. The smallest absolute Gasteiger partial charge is 0.266 e. The molecule has 0 bridgehead atoms. The maximum absolute atomic E-state index is 12.2. The van der Waals surface area contributed by atoms with Gasteiger partial charge in [0.2, 0.25) is 0 Å².